The number of nitrogens with one attached hydrogen (secondary N) is 1. The van der Waals surface area contributed by atoms with E-state index in [4.69, 9.17) is 9.47 Å². The molecule has 0 fully saturated rings. The third-order valence-electron chi connectivity index (χ3n) is 4.03. The van der Waals surface area contributed by atoms with Crippen LogP contribution in [0.25, 0.3) is 11.3 Å². The maximum Gasteiger partial charge on any atom is 0.258 e. The number of carbonyl (C=O) groups is 1. The van der Waals surface area contributed by atoms with E-state index < -0.39 is 0 Å². The second kappa shape index (κ2) is 8.80. The molecule has 0 aliphatic carbocycles. The fourth-order valence-electron chi connectivity index (χ4n) is 2.52. The number of methoxy groups -OCH3 is 1. The molecule has 0 unspecified atom stereocenters. The van der Waals surface area contributed by atoms with Crippen LogP contribution in [0.3, 0.4) is 0 Å². The molecule has 6 nitrogen and oxygen atoms in total. The summed E-state index contributed by atoms with van der Waals surface area (Å²) >= 11 is 0. The number of aryl methyl sites for hydroxylation is 1. The van der Waals surface area contributed by atoms with Gasteiger partial charge < -0.3 is 14.8 Å². The van der Waals surface area contributed by atoms with E-state index in [9.17, 15) is 4.79 Å². The Morgan fingerprint density at radius 3 is 2.59 bits per heavy atom. The summed E-state index contributed by atoms with van der Waals surface area (Å²) in [7, 11) is 1.63. The minimum atomic E-state index is -0.206. The fraction of sp³-hybridized carbons (Fsp3) is 0.190. The molecule has 138 valence electrons. The van der Waals surface area contributed by atoms with Crippen molar-refractivity contribution in [1.82, 2.24) is 15.3 Å². The van der Waals surface area contributed by atoms with Gasteiger partial charge in [-0.05, 0) is 48.9 Å². The van der Waals surface area contributed by atoms with Crippen LogP contribution in [-0.4, -0.2) is 29.6 Å². The number of nitrogens with zero attached hydrogens (tertiary/aromatic N) is 2. The molecule has 0 atom stereocenters. The number of ether oxygens (including phenoxy) is 2. The van der Waals surface area contributed by atoms with Crippen LogP contribution in [0.15, 0.2) is 60.9 Å². The average Bonchev–Trinajstić information content (AvgIpc) is 2.72. The molecule has 3 rings (SSSR count). The number of aromatic nitrogens is 2. The maximum absolute atomic E-state index is 12.0. The Labute approximate surface area is 158 Å². The Balaban J connectivity index is 1.56. The van der Waals surface area contributed by atoms with Gasteiger partial charge in [0.15, 0.2) is 6.61 Å². The van der Waals surface area contributed by atoms with E-state index in [2.05, 4.69) is 15.3 Å². The lowest BCUT2D eigenvalue weighted by atomic mass is 10.1. The zero-order valence-electron chi connectivity index (χ0n) is 15.3. The SMILES string of the molecule is COc1ccc(-c2cc(CNC(=O)COc3ccccc3C)ncn2)cc1. The van der Waals surface area contributed by atoms with Crippen molar-refractivity contribution in [3.63, 3.8) is 0 Å². The summed E-state index contributed by atoms with van der Waals surface area (Å²) in [6.07, 6.45) is 1.49. The first kappa shape index (κ1) is 18.4. The van der Waals surface area contributed by atoms with E-state index in [0.717, 1.165) is 28.3 Å². The number of para-hydroxylation sites is 1. The van der Waals surface area contributed by atoms with E-state index in [1.165, 1.54) is 6.33 Å². The van der Waals surface area contributed by atoms with Crippen molar-refractivity contribution in [1.29, 1.82) is 0 Å². The van der Waals surface area contributed by atoms with Crippen LogP contribution >= 0.6 is 0 Å². The molecule has 6 heteroatoms. The lowest BCUT2D eigenvalue weighted by Gasteiger charge is -2.09. The molecule has 0 aliphatic heterocycles. The average molecular weight is 363 g/mol. The zero-order chi connectivity index (χ0) is 19.1. The lowest BCUT2D eigenvalue weighted by molar-refractivity contribution is -0.123. The van der Waals surface area contributed by atoms with Crippen LogP contribution in [-0.2, 0) is 11.3 Å². The van der Waals surface area contributed by atoms with E-state index in [1.54, 1.807) is 7.11 Å². The summed E-state index contributed by atoms with van der Waals surface area (Å²) in [5, 5.41) is 2.81. The third-order valence-corrected chi connectivity index (χ3v) is 4.03. The topological polar surface area (TPSA) is 73.3 Å². The third kappa shape index (κ3) is 5.04. The smallest absolute Gasteiger partial charge is 0.258 e. The van der Waals surface area contributed by atoms with Crippen molar-refractivity contribution < 1.29 is 14.3 Å². The second-order valence-corrected chi connectivity index (χ2v) is 5.95. The number of carbonyl (C=O) groups excluding carboxylic acids is 1. The van der Waals surface area contributed by atoms with E-state index in [0.29, 0.717) is 12.3 Å². The van der Waals surface area contributed by atoms with Crippen LogP contribution in [0.4, 0.5) is 0 Å². The Kier molecular flexibility index (Phi) is 5.99. The van der Waals surface area contributed by atoms with Crippen LogP contribution in [0.5, 0.6) is 11.5 Å². The van der Waals surface area contributed by atoms with Gasteiger partial charge in [0.25, 0.3) is 5.91 Å². The minimum Gasteiger partial charge on any atom is -0.497 e. The molecule has 0 radical (unpaired) electrons. The largest absolute Gasteiger partial charge is 0.497 e. The normalized spacial score (nSPS) is 10.3. The first-order valence-corrected chi connectivity index (χ1v) is 8.56. The summed E-state index contributed by atoms with van der Waals surface area (Å²) in [4.78, 5) is 20.5. The van der Waals surface area contributed by atoms with Crippen LogP contribution in [0.2, 0.25) is 0 Å². The molecule has 0 bridgehead atoms. The van der Waals surface area contributed by atoms with Crippen molar-refractivity contribution in [3.8, 4) is 22.8 Å². The number of rotatable bonds is 7. The Hall–Kier alpha value is -3.41. The predicted molar refractivity (Wildman–Crippen MR) is 103 cm³/mol. The fourth-order valence-corrected chi connectivity index (χ4v) is 2.52. The van der Waals surface area contributed by atoms with Crippen LogP contribution in [0.1, 0.15) is 11.3 Å². The number of hydrogen-bond donors (Lipinski definition) is 1. The summed E-state index contributed by atoms with van der Waals surface area (Å²) in [6.45, 7) is 2.21. The van der Waals surface area contributed by atoms with Crippen molar-refractivity contribution in [2.24, 2.45) is 0 Å². The van der Waals surface area contributed by atoms with Crippen molar-refractivity contribution in [2.45, 2.75) is 13.5 Å². The first-order chi connectivity index (χ1) is 13.2. The van der Waals surface area contributed by atoms with Gasteiger partial charge in [0, 0.05) is 5.56 Å². The lowest BCUT2D eigenvalue weighted by Crippen LogP contribution is -2.28. The Bertz CT molecular complexity index is 911. The highest BCUT2D eigenvalue weighted by Crippen LogP contribution is 2.20. The van der Waals surface area contributed by atoms with Gasteiger partial charge in [-0.1, -0.05) is 18.2 Å². The number of hydrogen-bond acceptors (Lipinski definition) is 5. The van der Waals surface area contributed by atoms with Crippen molar-refractivity contribution in [3.05, 3.63) is 72.2 Å². The highest BCUT2D eigenvalue weighted by atomic mass is 16.5. The van der Waals surface area contributed by atoms with Gasteiger partial charge in [-0.3, -0.25) is 4.79 Å². The highest BCUT2D eigenvalue weighted by Gasteiger charge is 2.07. The summed E-state index contributed by atoms with van der Waals surface area (Å²) < 4.78 is 10.7. The van der Waals surface area contributed by atoms with Gasteiger partial charge in [0.1, 0.15) is 17.8 Å². The predicted octanol–water partition coefficient (Wildman–Crippen LogP) is 3.16. The highest BCUT2D eigenvalue weighted by molar-refractivity contribution is 5.77. The van der Waals surface area contributed by atoms with E-state index in [-0.39, 0.29) is 12.5 Å². The monoisotopic (exact) mass is 363 g/mol. The molecule has 1 amide bonds. The molecule has 0 saturated heterocycles. The molecule has 2 aromatic carbocycles. The van der Waals surface area contributed by atoms with Gasteiger partial charge in [-0.2, -0.15) is 0 Å². The summed E-state index contributed by atoms with van der Waals surface area (Å²) in [5.41, 5.74) is 3.45. The quantitative estimate of drug-likeness (QED) is 0.698. The van der Waals surface area contributed by atoms with Gasteiger partial charge in [-0.15, -0.1) is 0 Å². The molecule has 0 spiro atoms. The van der Waals surface area contributed by atoms with Crippen LogP contribution < -0.4 is 14.8 Å². The van der Waals surface area contributed by atoms with E-state index >= 15 is 0 Å². The molecule has 1 N–H and O–H groups in total. The summed E-state index contributed by atoms with van der Waals surface area (Å²) in [5.74, 6) is 1.29. The summed E-state index contributed by atoms with van der Waals surface area (Å²) in [6, 6.07) is 17.1. The number of benzene rings is 2. The van der Waals surface area contributed by atoms with Gasteiger partial charge in [0.05, 0.1) is 25.0 Å². The molecular weight excluding hydrogens is 342 g/mol. The molecule has 1 aromatic heterocycles. The van der Waals surface area contributed by atoms with Gasteiger partial charge in [-0.25, -0.2) is 9.97 Å². The minimum absolute atomic E-state index is 0.0404. The second-order valence-electron chi connectivity index (χ2n) is 5.95. The Morgan fingerprint density at radius 2 is 1.85 bits per heavy atom. The first-order valence-electron chi connectivity index (χ1n) is 8.56. The Morgan fingerprint density at radius 1 is 1.07 bits per heavy atom. The van der Waals surface area contributed by atoms with Crippen molar-refractivity contribution >= 4 is 5.91 Å². The van der Waals surface area contributed by atoms with Gasteiger partial charge >= 0.3 is 0 Å². The standard InChI is InChI=1S/C21H21N3O3/c1-15-5-3-4-6-20(15)27-13-21(25)22-12-17-11-19(24-14-23-17)16-7-9-18(26-2)10-8-16/h3-11,14H,12-13H2,1-2H3,(H,22,25). The molecule has 27 heavy (non-hydrogen) atoms. The van der Waals surface area contributed by atoms with E-state index in [1.807, 2.05) is 61.5 Å². The maximum atomic E-state index is 12.0. The molecule has 1 heterocycles. The zero-order valence-corrected chi connectivity index (χ0v) is 15.3. The van der Waals surface area contributed by atoms with Gasteiger partial charge in [0.2, 0.25) is 0 Å². The molecular formula is C21H21N3O3. The molecule has 0 aliphatic rings. The van der Waals surface area contributed by atoms with Crippen molar-refractivity contribution in [2.75, 3.05) is 13.7 Å². The molecule has 0 saturated carbocycles. The molecule has 3 aromatic rings. The van der Waals surface area contributed by atoms with Crippen LogP contribution in [0, 0.1) is 6.92 Å². The number of amides is 1.